The fraction of sp³-hybridized carbons (Fsp3) is 0.786. The minimum Gasteiger partial charge on any atom is -0.480 e. The molecule has 0 aromatic carbocycles. The van der Waals surface area contributed by atoms with Gasteiger partial charge in [0, 0.05) is 12.8 Å². The summed E-state index contributed by atoms with van der Waals surface area (Å²) in [5.41, 5.74) is -0.694. The molecule has 0 aromatic rings. The van der Waals surface area contributed by atoms with Gasteiger partial charge in [0.25, 0.3) is 0 Å². The van der Waals surface area contributed by atoms with E-state index in [1.807, 2.05) is 13.8 Å². The fourth-order valence-electron chi connectivity index (χ4n) is 1.57. The lowest BCUT2D eigenvalue weighted by atomic mass is 10.0. The summed E-state index contributed by atoms with van der Waals surface area (Å²) in [7, 11) is 0. The Balaban J connectivity index is 4.34. The zero-order valence-electron chi connectivity index (χ0n) is 12.9. The van der Waals surface area contributed by atoms with Crippen LogP contribution in [0, 0.1) is 5.92 Å². The van der Waals surface area contributed by atoms with Gasteiger partial charge in [-0.2, -0.15) is 0 Å². The molecule has 2 N–H and O–H groups in total. The van der Waals surface area contributed by atoms with Crippen molar-refractivity contribution in [3.8, 4) is 0 Å². The van der Waals surface area contributed by atoms with Crippen molar-refractivity contribution in [3.63, 3.8) is 0 Å². The summed E-state index contributed by atoms with van der Waals surface area (Å²) in [6, 6.07) is -1.11. The van der Waals surface area contributed by atoms with Crippen LogP contribution in [0.2, 0.25) is 0 Å². The molecular formula is C14H25NO5. The highest BCUT2D eigenvalue weighted by atomic mass is 16.6. The number of carboxylic acid groups (broad SMARTS) is 1. The normalized spacial score (nSPS) is 12.9. The van der Waals surface area contributed by atoms with Gasteiger partial charge >= 0.3 is 12.1 Å². The number of carboxylic acids is 1. The van der Waals surface area contributed by atoms with Crippen LogP contribution < -0.4 is 5.32 Å². The molecule has 0 radical (unpaired) electrons. The Morgan fingerprint density at radius 1 is 1.20 bits per heavy atom. The van der Waals surface area contributed by atoms with Crippen molar-refractivity contribution in [3.05, 3.63) is 0 Å². The molecule has 0 spiro atoms. The molecule has 0 bridgehead atoms. The maximum absolute atomic E-state index is 11.6. The average Bonchev–Trinajstić information content (AvgIpc) is 2.19. The molecule has 1 amide bonds. The zero-order valence-corrected chi connectivity index (χ0v) is 12.9. The number of nitrogens with one attached hydrogen (secondary N) is 1. The van der Waals surface area contributed by atoms with E-state index in [9.17, 15) is 14.4 Å². The minimum atomic E-state index is -1.17. The highest BCUT2D eigenvalue weighted by molar-refractivity contribution is 5.82. The molecule has 0 aliphatic rings. The number of hydrogen-bond donors (Lipinski definition) is 2. The van der Waals surface area contributed by atoms with Crippen LogP contribution in [0.3, 0.4) is 0 Å². The van der Waals surface area contributed by atoms with Gasteiger partial charge in [-0.3, -0.25) is 4.79 Å². The van der Waals surface area contributed by atoms with E-state index in [0.29, 0.717) is 6.42 Å². The number of Topliss-reactive ketones (excluding diaryl/α,β-unsaturated/α-hetero) is 1. The first-order valence-corrected chi connectivity index (χ1v) is 6.75. The largest absolute Gasteiger partial charge is 0.480 e. The standard InChI is InChI=1S/C14H25NO5/c1-9(2)8-10(16)6-7-11(12(17)18)15-13(19)20-14(3,4)5/h9,11H,6-8H2,1-5H3,(H,15,19)(H,17,18). The van der Waals surface area contributed by atoms with Gasteiger partial charge < -0.3 is 15.2 Å². The van der Waals surface area contributed by atoms with E-state index in [0.717, 1.165) is 0 Å². The van der Waals surface area contributed by atoms with Crippen LogP contribution in [0.4, 0.5) is 4.79 Å². The van der Waals surface area contributed by atoms with E-state index in [1.54, 1.807) is 20.8 Å². The molecule has 0 rings (SSSR count). The molecule has 116 valence electrons. The third-order valence-electron chi connectivity index (χ3n) is 2.34. The number of hydrogen-bond acceptors (Lipinski definition) is 4. The number of aliphatic carboxylic acids is 1. The van der Waals surface area contributed by atoms with Crippen LogP contribution in [0.25, 0.3) is 0 Å². The Kier molecular flexibility index (Phi) is 7.24. The van der Waals surface area contributed by atoms with Crippen LogP contribution in [-0.4, -0.2) is 34.6 Å². The number of rotatable bonds is 7. The Morgan fingerprint density at radius 3 is 2.15 bits per heavy atom. The number of alkyl carbamates (subject to hydrolysis) is 1. The Morgan fingerprint density at radius 2 is 1.75 bits per heavy atom. The third kappa shape index (κ3) is 9.35. The van der Waals surface area contributed by atoms with Crippen molar-refractivity contribution in [2.75, 3.05) is 0 Å². The smallest absolute Gasteiger partial charge is 0.408 e. The molecule has 0 heterocycles. The summed E-state index contributed by atoms with van der Waals surface area (Å²) in [6.07, 6.45) is -0.176. The monoisotopic (exact) mass is 287 g/mol. The summed E-state index contributed by atoms with van der Waals surface area (Å²) in [5, 5.41) is 11.3. The first-order chi connectivity index (χ1) is 9.01. The first kappa shape index (κ1) is 18.4. The number of ether oxygens (including phenoxy) is 1. The van der Waals surface area contributed by atoms with Crippen molar-refractivity contribution < 1.29 is 24.2 Å². The molecule has 6 nitrogen and oxygen atoms in total. The second-order valence-electron chi connectivity index (χ2n) is 6.21. The molecule has 1 atom stereocenters. The average molecular weight is 287 g/mol. The molecule has 20 heavy (non-hydrogen) atoms. The molecule has 0 aromatic heterocycles. The van der Waals surface area contributed by atoms with Gasteiger partial charge in [-0.25, -0.2) is 9.59 Å². The van der Waals surface area contributed by atoms with Crippen LogP contribution in [-0.2, 0) is 14.3 Å². The molecule has 0 fully saturated rings. The Labute approximate surface area is 119 Å². The van der Waals surface area contributed by atoms with Crippen molar-refractivity contribution in [1.29, 1.82) is 0 Å². The van der Waals surface area contributed by atoms with E-state index >= 15 is 0 Å². The lowest BCUT2D eigenvalue weighted by Gasteiger charge is -2.22. The Hall–Kier alpha value is -1.59. The summed E-state index contributed by atoms with van der Waals surface area (Å²) in [6.45, 7) is 8.91. The molecular weight excluding hydrogens is 262 g/mol. The number of carbonyl (C=O) groups is 3. The van der Waals surface area contributed by atoms with Gasteiger partial charge in [0.2, 0.25) is 0 Å². The highest BCUT2D eigenvalue weighted by Gasteiger charge is 2.24. The maximum Gasteiger partial charge on any atom is 0.408 e. The van der Waals surface area contributed by atoms with Crippen LogP contribution in [0.5, 0.6) is 0 Å². The van der Waals surface area contributed by atoms with Crippen molar-refractivity contribution >= 4 is 17.8 Å². The summed E-state index contributed by atoms with van der Waals surface area (Å²) < 4.78 is 4.99. The zero-order chi connectivity index (χ0) is 15.9. The minimum absolute atomic E-state index is 0.00256. The van der Waals surface area contributed by atoms with E-state index in [4.69, 9.17) is 9.84 Å². The van der Waals surface area contributed by atoms with Gasteiger partial charge in [-0.15, -0.1) is 0 Å². The van der Waals surface area contributed by atoms with Gasteiger partial charge in [0.15, 0.2) is 0 Å². The predicted octanol–water partition coefficient (Wildman–Crippen LogP) is 2.36. The second kappa shape index (κ2) is 7.87. The number of carbonyl (C=O) groups excluding carboxylic acids is 2. The van der Waals surface area contributed by atoms with Gasteiger partial charge in [0.05, 0.1) is 0 Å². The van der Waals surface area contributed by atoms with Crippen molar-refractivity contribution in [1.82, 2.24) is 5.32 Å². The van der Waals surface area contributed by atoms with Gasteiger partial charge in [0.1, 0.15) is 17.4 Å². The number of amides is 1. The van der Waals surface area contributed by atoms with E-state index in [1.165, 1.54) is 0 Å². The predicted molar refractivity (Wildman–Crippen MR) is 74.5 cm³/mol. The molecule has 1 unspecified atom stereocenters. The number of ketones is 1. The molecule has 0 saturated heterocycles. The SMILES string of the molecule is CC(C)CC(=O)CCC(NC(=O)OC(C)(C)C)C(=O)O. The Bertz CT molecular complexity index is 357. The van der Waals surface area contributed by atoms with E-state index in [2.05, 4.69) is 5.32 Å². The molecule has 6 heteroatoms. The van der Waals surface area contributed by atoms with Crippen LogP contribution in [0.15, 0.2) is 0 Å². The lowest BCUT2D eigenvalue weighted by molar-refractivity contribution is -0.139. The molecule has 0 aliphatic carbocycles. The van der Waals surface area contributed by atoms with Gasteiger partial charge in [-0.1, -0.05) is 13.8 Å². The summed E-state index contributed by atoms with van der Waals surface area (Å²) in [5.74, 6) is -0.935. The van der Waals surface area contributed by atoms with E-state index in [-0.39, 0.29) is 24.5 Å². The second-order valence-corrected chi connectivity index (χ2v) is 6.21. The molecule has 0 saturated carbocycles. The summed E-state index contributed by atoms with van der Waals surface area (Å²) >= 11 is 0. The first-order valence-electron chi connectivity index (χ1n) is 6.75. The third-order valence-corrected chi connectivity index (χ3v) is 2.34. The van der Waals surface area contributed by atoms with Crippen LogP contribution in [0.1, 0.15) is 53.9 Å². The maximum atomic E-state index is 11.6. The molecule has 0 aliphatic heterocycles. The fourth-order valence-corrected chi connectivity index (χ4v) is 1.57. The van der Waals surface area contributed by atoms with Crippen molar-refractivity contribution in [2.45, 2.75) is 65.5 Å². The topological polar surface area (TPSA) is 92.7 Å². The quantitative estimate of drug-likeness (QED) is 0.749. The lowest BCUT2D eigenvalue weighted by Crippen LogP contribution is -2.43. The summed E-state index contributed by atoms with van der Waals surface area (Å²) in [4.78, 5) is 34.1. The van der Waals surface area contributed by atoms with Crippen molar-refractivity contribution in [2.24, 2.45) is 5.92 Å². The van der Waals surface area contributed by atoms with Crippen LogP contribution >= 0.6 is 0 Å². The highest BCUT2D eigenvalue weighted by Crippen LogP contribution is 2.09. The van der Waals surface area contributed by atoms with Gasteiger partial charge in [-0.05, 0) is 33.1 Å². The van der Waals surface area contributed by atoms with E-state index < -0.39 is 23.7 Å².